The van der Waals surface area contributed by atoms with Crippen LogP contribution in [-0.4, -0.2) is 7.05 Å². The second-order valence-electron chi connectivity index (χ2n) is 5.73. The Morgan fingerprint density at radius 2 is 1.67 bits per heavy atom. The predicted octanol–water partition coefficient (Wildman–Crippen LogP) is 5.60. The van der Waals surface area contributed by atoms with Crippen LogP contribution in [0, 0.1) is 5.82 Å². The van der Waals surface area contributed by atoms with Crippen molar-refractivity contribution in [2.24, 2.45) is 0 Å². The summed E-state index contributed by atoms with van der Waals surface area (Å²) < 4.78 is 13.9. The Morgan fingerprint density at radius 1 is 0.952 bits per heavy atom. The first-order valence-electron chi connectivity index (χ1n) is 8.12. The molecule has 2 aromatic rings. The molecule has 0 saturated heterocycles. The summed E-state index contributed by atoms with van der Waals surface area (Å²) in [5.41, 5.74) is 1.21. The highest BCUT2D eigenvalue weighted by Gasteiger charge is 2.13. The van der Waals surface area contributed by atoms with E-state index in [1.165, 1.54) is 37.7 Å². The van der Waals surface area contributed by atoms with Gasteiger partial charge < -0.3 is 5.32 Å². The molecule has 1 unspecified atom stereocenters. The van der Waals surface area contributed by atoms with Gasteiger partial charge in [0.2, 0.25) is 0 Å². The van der Waals surface area contributed by atoms with E-state index in [1.807, 2.05) is 37.4 Å². The zero-order valence-electron chi connectivity index (χ0n) is 13.2. The molecule has 0 amide bonds. The molecule has 0 aliphatic rings. The molecule has 0 spiro atoms. The summed E-state index contributed by atoms with van der Waals surface area (Å²) in [5, 5.41) is 5.15. The Bertz CT molecular complexity index is 564. The van der Waals surface area contributed by atoms with Crippen LogP contribution in [0.5, 0.6) is 0 Å². The van der Waals surface area contributed by atoms with Crippen molar-refractivity contribution in [3.8, 4) is 0 Å². The number of halogens is 1. The van der Waals surface area contributed by atoms with E-state index in [4.69, 9.17) is 0 Å². The van der Waals surface area contributed by atoms with Crippen molar-refractivity contribution in [2.75, 3.05) is 7.05 Å². The zero-order valence-corrected chi connectivity index (χ0v) is 13.2. The van der Waals surface area contributed by atoms with Crippen LogP contribution in [0.25, 0.3) is 10.8 Å². The second-order valence-corrected chi connectivity index (χ2v) is 5.73. The van der Waals surface area contributed by atoms with Crippen molar-refractivity contribution in [3.63, 3.8) is 0 Å². The van der Waals surface area contributed by atoms with Crippen LogP contribution >= 0.6 is 0 Å². The highest BCUT2D eigenvalue weighted by molar-refractivity contribution is 5.86. The summed E-state index contributed by atoms with van der Waals surface area (Å²) in [6.45, 7) is 2.24. The molecule has 0 radical (unpaired) electrons. The minimum Gasteiger partial charge on any atom is -0.313 e. The van der Waals surface area contributed by atoms with Crippen LogP contribution in [0.3, 0.4) is 0 Å². The number of nitrogens with one attached hydrogen (secondary N) is 1. The van der Waals surface area contributed by atoms with Crippen LogP contribution in [0.2, 0.25) is 0 Å². The number of unbranched alkanes of at least 4 members (excludes halogenated alkanes) is 4. The molecule has 0 aliphatic carbocycles. The van der Waals surface area contributed by atoms with Crippen molar-refractivity contribution in [1.29, 1.82) is 0 Å². The zero-order chi connectivity index (χ0) is 15.1. The molecular weight excluding hydrogens is 261 g/mol. The van der Waals surface area contributed by atoms with Crippen LogP contribution in [0.15, 0.2) is 36.4 Å². The molecule has 0 heterocycles. The van der Waals surface area contributed by atoms with Crippen LogP contribution in [-0.2, 0) is 0 Å². The van der Waals surface area contributed by atoms with Gasteiger partial charge in [-0.05, 0) is 30.5 Å². The normalized spacial score (nSPS) is 12.7. The topological polar surface area (TPSA) is 12.0 Å². The minimum atomic E-state index is -0.132. The highest BCUT2D eigenvalue weighted by atomic mass is 19.1. The molecule has 2 rings (SSSR count). The van der Waals surface area contributed by atoms with E-state index in [9.17, 15) is 4.39 Å². The fraction of sp³-hybridized carbons (Fsp3) is 0.474. The van der Waals surface area contributed by atoms with Crippen LogP contribution in [0.4, 0.5) is 4.39 Å². The summed E-state index contributed by atoms with van der Waals surface area (Å²) in [7, 11) is 1.99. The first kappa shape index (κ1) is 16.0. The van der Waals surface area contributed by atoms with Gasteiger partial charge in [0.15, 0.2) is 0 Å². The summed E-state index contributed by atoms with van der Waals surface area (Å²) in [6.07, 6.45) is 7.52. The lowest BCUT2D eigenvalue weighted by Gasteiger charge is -2.19. The Labute approximate surface area is 127 Å². The molecule has 1 atom stereocenters. The second kappa shape index (κ2) is 8.14. The summed E-state index contributed by atoms with van der Waals surface area (Å²) >= 11 is 0. The average molecular weight is 287 g/mol. The average Bonchev–Trinajstić information content (AvgIpc) is 2.52. The van der Waals surface area contributed by atoms with Crippen LogP contribution in [0.1, 0.15) is 57.1 Å². The first-order chi connectivity index (χ1) is 10.3. The molecule has 0 bridgehead atoms. The Balaban J connectivity index is 2.13. The van der Waals surface area contributed by atoms with Gasteiger partial charge in [0.05, 0.1) is 0 Å². The van der Waals surface area contributed by atoms with Crippen molar-refractivity contribution in [3.05, 3.63) is 47.8 Å². The summed E-state index contributed by atoms with van der Waals surface area (Å²) in [6, 6.07) is 11.6. The maximum Gasteiger partial charge on any atom is 0.131 e. The number of benzene rings is 2. The third kappa shape index (κ3) is 4.04. The SMILES string of the molecule is CCCCCCCC(NC)c1ccc(F)c2ccccc12. The van der Waals surface area contributed by atoms with E-state index in [2.05, 4.69) is 12.2 Å². The fourth-order valence-corrected chi connectivity index (χ4v) is 3.00. The fourth-order valence-electron chi connectivity index (χ4n) is 3.00. The third-order valence-corrected chi connectivity index (χ3v) is 4.22. The maximum atomic E-state index is 13.9. The van der Waals surface area contributed by atoms with E-state index in [1.54, 1.807) is 6.07 Å². The Kier molecular flexibility index (Phi) is 6.19. The standard InChI is InChI=1S/C19H26FN/c1-3-4-5-6-7-12-19(21-2)17-13-14-18(20)16-11-9-8-10-15(16)17/h8-11,13-14,19,21H,3-7,12H2,1-2H3. The molecular formula is C19H26FN. The summed E-state index contributed by atoms with van der Waals surface area (Å²) in [5.74, 6) is -0.132. The van der Waals surface area contributed by atoms with Crippen LogP contribution < -0.4 is 5.32 Å². The molecule has 2 heteroatoms. The molecule has 1 nitrogen and oxygen atoms in total. The van der Waals surface area contributed by atoms with E-state index in [-0.39, 0.29) is 5.82 Å². The monoisotopic (exact) mass is 287 g/mol. The number of hydrogen-bond donors (Lipinski definition) is 1. The maximum absolute atomic E-state index is 13.9. The van der Waals surface area contributed by atoms with Gasteiger partial charge in [-0.1, -0.05) is 69.4 Å². The molecule has 21 heavy (non-hydrogen) atoms. The molecule has 2 aromatic carbocycles. The first-order valence-corrected chi connectivity index (χ1v) is 8.12. The van der Waals surface area contributed by atoms with Gasteiger partial charge in [-0.25, -0.2) is 4.39 Å². The lowest BCUT2D eigenvalue weighted by Crippen LogP contribution is -2.16. The van der Waals surface area contributed by atoms with E-state index in [0.717, 1.165) is 17.2 Å². The van der Waals surface area contributed by atoms with Gasteiger partial charge in [0.1, 0.15) is 5.82 Å². The lowest BCUT2D eigenvalue weighted by atomic mass is 9.94. The van der Waals surface area contributed by atoms with Gasteiger partial charge in [0.25, 0.3) is 0 Å². The number of hydrogen-bond acceptors (Lipinski definition) is 1. The van der Waals surface area contributed by atoms with Gasteiger partial charge in [-0.2, -0.15) is 0 Å². The molecule has 0 saturated carbocycles. The van der Waals surface area contributed by atoms with Gasteiger partial charge in [0, 0.05) is 11.4 Å². The Morgan fingerprint density at radius 3 is 2.38 bits per heavy atom. The smallest absolute Gasteiger partial charge is 0.131 e. The van der Waals surface area contributed by atoms with Crippen molar-refractivity contribution >= 4 is 10.8 Å². The predicted molar refractivity (Wildman–Crippen MR) is 89.1 cm³/mol. The third-order valence-electron chi connectivity index (χ3n) is 4.22. The van der Waals surface area contributed by atoms with E-state index >= 15 is 0 Å². The molecule has 0 aliphatic heterocycles. The molecule has 0 fully saturated rings. The lowest BCUT2D eigenvalue weighted by molar-refractivity contribution is 0.502. The van der Waals surface area contributed by atoms with Crippen molar-refractivity contribution in [2.45, 2.75) is 51.5 Å². The largest absolute Gasteiger partial charge is 0.313 e. The van der Waals surface area contributed by atoms with Gasteiger partial charge in [-0.15, -0.1) is 0 Å². The van der Waals surface area contributed by atoms with Crippen molar-refractivity contribution in [1.82, 2.24) is 5.32 Å². The quantitative estimate of drug-likeness (QED) is 0.623. The van der Waals surface area contributed by atoms with E-state index < -0.39 is 0 Å². The Hall–Kier alpha value is -1.41. The van der Waals surface area contributed by atoms with Gasteiger partial charge >= 0.3 is 0 Å². The van der Waals surface area contributed by atoms with Crippen molar-refractivity contribution < 1.29 is 4.39 Å². The number of rotatable bonds is 8. The van der Waals surface area contributed by atoms with Gasteiger partial charge in [-0.3, -0.25) is 0 Å². The molecule has 114 valence electrons. The minimum absolute atomic E-state index is 0.132. The summed E-state index contributed by atoms with van der Waals surface area (Å²) in [4.78, 5) is 0. The molecule has 0 aromatic heterocycles. The van der Waals surface area contributed by atoms with E-state index in [0.29, 0.717) is 6.04 Å². The highest BCUT2D eigenvalue weighted by Crippen LogP contribution is 2.29. The number of fused-ring (bicyclic) bond motifs is 1. The molecule has 1 N–H and O–H groups in total.